The number of pyridine rings is 1. The summed E-state index contributed by atoms with van der Waals surface area (Å²) in [5, 5.41) is 1.11. The molecular weight excluding hydrogens is 228 g/mol. The summed E-state index contributed by atoms with van der Waals surface area (Å²) in [5.74, 6) is 1.59. The Balaban J connectivity index is 2.17. The zero-order valence-electron chi connectivity index (χ0n) is 10.4. The number of rotatable bonds is 2. The number of ether oxygens (including phenoxy) is 2. The lowest BCUT2D eigenvalue weighted by atomic mass is 10.1. The molecule has 94 valence electrons. The Morgan fingerprint density at radius 3 is 2.61 bits per heavy atom. The lowest BCUT2D eigenvalue weighted by Gasteiger charge is -2.19. The molecule has 2 heterocycles. The molecule has 1 aromatic carbocycles. The van der Waals surface area contributed by atoms with Crippen LogP contribution in [-0.2, 0) is 6.42 Å². The van der Waals surface area contributed by atoms with Crippen LogP contribution in [0, 0.1) is 6.92 Å². The molecule has 3 rings (SSSR count). The van der Waals surface area contributed by atoms with Crippen LogP contribution in [0.2, 0.25) is 0 Å². The number of fused-ring (bicyclic) bond motifs is 2. The van der Waals surface area contributed by atoms with Crippen molar-refractivity contribution in [1.82, 2.24) is 4.98 Å². The quantitative estimate of drug-likeness (QED) is 0.875. The molecule has 0 aliphatic carbocycles. The molecule has 1 aliphatic heterocycles. The van der Waals surface area contributed by atoms with Gasteiger partial charge < -0.3 is 15.2 Å². The molecule has 1 aliphatic rings. The number of nitrogens with zero attached hydrogens (tertiary/aromatic N) is 1. The molecule has 0 amide bonds. The number of hydrogen-bond donors (Lipinski definition) is 1. The maximum Gasteiger partial charge on any atom is 0.163 e. The monoisotopic (exact) mass is 244 g/mol. The highest BCUT2D eigenvalue weighted by molar-refractivity contribution is 5.86. The molecular formula is C14H16N2O2. The number of aryl methyl sites for hydroxylation is 1. The number of nitrogens with two attached hydrogens (primary N) is 1. The Morgan fingerprint density at radius 2 is 1.89 bits per heavy atom. The van der Waals surface area contributed by atoms with Gasteiger partial charge in [-0.2, -0.15) is 0 Å². The van der Waals surface area contributed by atoms with Crippen LogP contribution in [0.1, 0.15) is 11.3 Å². The van der Waals surface area contributed by atoms with Gasteiger partial charge in [-0.15, -0.1) is 0 Å². The third kappa shape index (κ3) is 1.88. The highest BCUT2D eigenvalue weighted by atomic mass is 16.6. The van der Waals surface area contributed by atoms with Gasteiger partial charge in [0.2, 0.25) is 0 Å². The van der Waals surface area contributed by atoms with E-state index in [1.54, 1.807) is 0 Å². The van der Waals surface area contributed by atoms with E-state index in [9.17, 15) is 0 Å². The van der Waals surface area contributed by atoms with Gasteiger partial charge in [0, 0.05) is 23.6 Å². The van der Waals surface area contributed by atoms with E-state index >= 15 is 0 Å². The summed E-state index contributed by atoms with van der Waals surface area (Å²) in [4.78, 5) is 4.62. The predicted octanol–water partition coefficient (Wildman–Crippen LogP) is 1.82. The van der Waals surface area contributed by atoms with Crippen LogP contribution in [-0.4, -0.2) is 24.7 Å². The normalized spacial score (nSPS) is 13.9. The molecule has 4 heteroatoms. The van der Waals surface area contributed by atoms with Crippen LogP contribution in [0.5, 0.6) is 11.5 Å². The van der Waals surface area contributed by atoms with Gasteiger partial charge in [-0.25, -0.2) is 0 Å². The van der Waals surface area contributed by atoms with Crippen molar-refractivity contribution in [2.24, 2.45) is 5.73 Å². The first-order chi connectivity index (χ1) is 8.78. The molecule has 0 spiro atoms. The van der Waals surface area contributed by atoms with Gasteiger partial charge in [0.1, 0.15) is 13.2 Å². The SMILES string of the molecule is Cc1cc(CCN)nc2cc3c(cc12)OCCO3. The maximum absolute atomic E-state index is 5.59. The highest BCUT2D eigenvalue weighted by Gasteiger charge is 2.14. The largest absolute Gasteiger partial charge is 0.486 e. The Kier molecular flexibility index (Phi) is 2.80. The van der Waals surface area contributed by atoms with E-state index in [4.69, 9.17) is 15.2 Å². The molecule has 0 fully saturated rings. The van der Waals surface area contributed by atoms with E-state index in [0.717, 1.165) is 34.5 Å². The Bertz CT molecular complexity index is 596. The zero-order chi connectivity index (χ0) is 12.5. The second-order valence-corrected chi connectivity index (χ2v) is 4.48. The zero-order valence-corrected chi connectivity index (χ0v) is 10.4. The molecule has 0 saturated heterocycles. The van der Waals surface area contributed by atoms with Gasteiger partial charge in [0.15, 0.2) is 11.5 Å². The van der Waals surface area contributed by atoms with E-state index in [-0.39, 0.29) is 0 Å². The molecule has 18 heavy (non-hydrogen) atoms. The Labute approximate surface area is 106 Å². The van der Waals surface area contributed by atoms with Crippen molar-refractivity contribution in [1.29, 1.82) is 0 Å². The maximum atomic E-state index is 5.59. The van der Waals surface area contributed by atoms with E-state index in [1.807, 2.05) is 12.1 Å². The van der Waals surface area contributed by atoms with Crippen molar-refractivity contribution < 1.29 is 9.47 Å². The van der Waals surface area contributed by atoms with Gasteiger partial charge >= 0.3 is 0 Å². The number of benzene rings is 1. The first-order valence-corrected chi connectivity index (χ1v) is 6.18. The third-order valence-electron chi connectivity index (χ3n) is 3.13. The summed E-state index contributed by atoms with van der Waals surface area (Å²) in [6, 6.07) is 6.06. The minimum atomic E-state index is 0.597. The molecule has 2 aromatic rings. The van der Waals surface area contributed by atoms with Gasteiger partial charge in [0.05, 0.1) is 5.52 Å². The molecule has 4 nitrogen and oxygen atoms in total. The molecule has 0 atom stereocenters. The smallest absolute Gasteiger partial charge is 0.163 e. The summed E-state index contributed by atoms with van der Waals surface area (Å²) in [6.07, 6.45) is 0.797. The van der Waals surface area contributed by atoms with Crippen LogP contribution in [0.3, 0.4) is 0 Å². The van der Waals surface area contributed by atoms with Crippen LogP contribution < -0.4 is 15.2 Å². The van der Waals surface area contributed by atoms with E-state index in [2.05, 4.69) is 18.0 Å². The van der Waals surface area contributed by atoms with Crippen LogP contribution in [0.25, 0.3) is 10.9 Å². The van der Waals surface area contributed by atoms with Crippen molar-refractivity contribution in [2.75, 3.05) is 19.8 Å². The van der Waals surface area contributed by atoms with Crippen molar-refractivity contribution in [2.45, 2.75) is 13.3 Å². The third-order valence-corrected chi connectivity index (χ3v) is 3.13. The van der Waals surface area contributed by atoms with Gasteiger partial charge in [0.25, 0.3) is 0 Å². The summed E-state index contributed by atoms with van der Waals surface area (Å²) >= 11 is 0. The van der Waals surface area contributed by atoms with Crippen molar-refractivity contribution in [3.8, 4) is 11.5 Å². The summed E-state index contributed by atoms with van der Waals surface area (Å²) in [6.45, 7) is 3.90. The molecule has 2 N–H and O–H groups in total. The van der Waals surface area contributed by atoms with Gasteiger partial charge in [-0.05, 0) is 31.2 Å². The second kappa shape index (κ2) is 4.46. The number of aromatic nitrogens is 1. The molecule has 0 saturated carbocycles. The first-order valence-electron chi connectivity index (χ1n) is 6.18. The Hall–Kier alpha value is -1.81. The first kappa shape index (κ1) is 11.3. The average Bonchev–Trinajstić information content (AvgIpc) is 2.37. The fourth-order valence-electron chi connectivity index (χ4n) is 2.28. The molecule has 0 bridgehead atoms. The minimum absolute atomic E-state index is 0.597. The van der Waals surface area contributed by atoms with Crippen molar-refractivity contribution in [3.63, 3.8) is 0 Å². The van der Waals surface area contributed by atoms with E-state index < -0.39 is 0 Å². The van der Waals surface area contributed by atoms with E-state index in [1.165, 1.54) is 5.56 Å². The highest BCUT2D eigenvalue weighted by Crippen LogP contribution is 2.35. The topological polar surface area (TPSA) is 57.4 Å². The summed E-state index contributed by atoms with van der Waals surface area (Å²) in [5.41, 5.74) is 8.75. The van der Waals surface area contributed by atoms with Crippen molar-refractivity contribution >= 4 is 10.9 Å². The van der Waals surface area contributed by atoms with Crippen LogP contribution >= 0.6 is 0 Å². The molecule has 1 aromatic heterocycles. The lowest BCUT2D eigenvalue weighted by Crippen LogP contribution is -2.15. The summed E-state index contributed by atoms with van der Waals surface area (Å²) < 4.78 is 11.2. The fraction of sp³-hybridized carbons (Fsp3) is 0.357. The van der Waals surface area contributed by atoms with Gasteiger partial charge in [-0.3, -0.25) is 4.98 Å². The average molecular weight is 244 g/mol. The lowest BCUT2D eigenvalue weighted by molar-refractivity contribution is 0.172. The molecule has 0 radical (unpaired) electrons. The van der Waals surface area contributed by atoms with Gasteiger partial charge in [-0.1, -0.05) is 0 Å². The molecule has 0 unspecified atom stereocenters. The second-order valence-electron chi connectivity index (χ2n) is 4.48. The van der Waals surface area contributed by atoms with Crippen molar-refractivity contribution in [3.05, 3.63) is 29.5 Å². The number of hydrogen-bond acceptors (Lipinski definition) is 4. The Morgan fingerprint density at radius 1 is 1.17 bits per heavy atom. The van der Waals surface area contributed by atoms with Crippen LogP contribution in [0.15, 0.2) is 18.2 Å². The minimum Gasteiger partial charge on any atom is -0.486 e. The van der Waals surface area contributed by atoms with E-state index in [0.29, 0.717) is 19.8 Å². The predicted molar refractivity (Wildman–Crippen MR) is 70.2 cm³/mol. The van der Waals surface area contributed by atoms with Crippen LogP contribution in [0.4, 0.5) is 0 Å². The fourth-order valence-corrected chi connectivity index (χ4v) is 2.28. The summed E-state index contributed by atoms with van der Waals surface area (Å²) in [7, 11) is 0. The standard InChI is InChI=1S/C14H16N2O2/c1-9-6-10(2-3-15)16-12-8-14-13(7-11(9)12)17-4-5-18-14/h6-8H,2-5,15H2,1H3.